The molecule has 5 heteroatoms. The minimum Gasteiger partial charge on any atom is -0.496 e. The van der Waals surface area contributed by atoms with E-state index < -0.39 is 0 Å². The molecule has 2 amide bonds. The van der Waals surface area contributed by atoms with Gasteiger partial charge < -0.3 is 15.4 Å². The van der Waals surface area contributed by atoms with Crippen LogP contribution in [0.1, 0.15) is 24.0 Å². The number of hydrogen-bond donors (Lipinski definition) is 2. The molecule has 0 atom stereocenters. The average molecular weight is 288 g/mol. The van der Waals surface area contributed by atoms with Gasteiger partial charge in [0.05, 0.1) is 13.7 Å². The molecule has 0 radical (unpaired) electrons. The van der Waals surface area contributed by atoms with Gasteiger partial charge in [-0.2, -0.15) is 0 Å². The van der Waals surface area contributed by atoms with Gasteiger partial charge in [-0.25, -0.2) is 0 Å². The van der Waals surface area contributed by atoms with Crippen molar-refractivity contribution < 1.29 is 14.3 Å². The third-order valence-electron chi connectivity index (χ3n) is 3.17. The van der Waals surface area contributed by atoms with E-state index in [4.69, 9.17) is 4.74 Å². The Kier molecular flexibility index (Phi) is 4.98. The van der Waals surface area contributed by atoms with Crippen LogP contribution in [-0.4, -0.2) is 31.5 Å². The van der Waals surface area contributed by atoms with Crippen LogP contribution < -0.4 is 15.4 Å². The maximum atomic E-state index is 11.7. The molecule has 2 rings (SSSR count). The monoisotopic (exact) mass is 288 g/mol. The highest BCUT2D eigenvalue weighted by molar-refractivity contribution is 5.94. The first kappa shape index (κ1) is 15.1. The molecule has 2 N–H and O–H groups in total. The summed E-state index contributed by atoms with van der Waals surface area (Å²) >= 11 is 0. The molecule has 0 unspecified atom stereocenters. The van der Waals surface area contributed by atoms with E-state index in [1.54, 1.807) is 13.2 Å². The van der Waals surface area contributed by atoms with Gasteiger partial charge in [-0.15, -0.1) is 0 Å². The number of ether oxygens (including phenoxy) is 1. The quantitative estimate of drug-likeness (QED) is 0.778. The molecule has 21 heavy (non-hydrogen) atoms. The Labute approximate surface area is 124 Å². The lowest BCUT2D eigenvalue weighted by Gasteiger charge is -2.06. The topological polar surface area (TPSA) is 67.4 Å². The van der Waals surface area contributed by atoms with E-state index in [2.05, 4.69) is 10.6 Å². The van der Waals surface area contributed by atoms with E-state index in [0.29, 0.717) is 11.8 Å². The fourth-order valence-corrected chi connectivity index (χ4v) is 1.88. The third kappa shape index (κ3) is 4.95. The molecule has 1 aromatic carbocycles. The van der Waals surface area contributed by atoms with Crippen LogP contribution >= 0.6 is 0 Å². The van der Waals surface area contributed by atoms with Gasteiger partial charge in [0, 0.05) is 17.7 Å². The molecule has 0 heterocycles. The molecule has 1 aliphatic carbocycles. The van der Waals surface area contributed by atoms with E-state index in [1.165, 1.54) is 6.08 Å². The second kappa shape index (κ2) is 6.92. The third-order valence-corrected chi connectivity index (χ3v) is 3.17. The zero-order chi connectivity index (χ0) is 15.2. The number of carbonyl (C=O) groups is 2. The first-order chi connectivity index (χ1) is 10.1. The number of carbonyl (C=O) groups excluding carboxylic acids is 2. The summed E-state index contributed by atoms with van der Waals surface area (Å²) in [5.74, 6) is 0.257. The van der Waals surface area contributed by atoms with Gasteiger partial charge in [0.2, 0.25) is 11.8 Å². The summed E-state index contributed by atoms with van der Waals surface area (Å²) < 4.78 is 5.23. The average Bonchev–Trinajstić information content (AvgIpc) is 3.27. The number of aryl methyl sites for hydroxylation is 1. The predicted molar refractivity (Wildman–Crippen MR) is 80.9 cm³/mol. The summed E-state index contributed by atoms with van der Waals surface area (Å²) in [6, 6.07) is 6.04. The molecule has 0 aromatic heterocycles. The zero-order valence-electron chi connectivity index (χ0n) is 12.3. The van der Waals surface area contributed by atoms with Gasteiger partial charge in [0.15, 0.2) is 0 Å². The minimum absolute atomic E-state index is 0.00459. The van der Waals surface area contributed by atoms with Crippen LogP contribution in [0.5, 0.6) is 5.75 Å². The molecular weight excluding hydrogens is 268 g/mol. The second-order valence-corrected chi connectivity index (χ2v) is 5.14. The number of rotatable bonds is 6. The van der Waals surface area contributed by atoms with E-state index in [9.17, 15) is 9.59 Å². The van der Waals surface area contributed by atoms with Crippen molar-refractivity contribution in [1.82, 2.24) is 10.6 Å². The molecule has 0 bridgehead atoms. The molecule has 112 valence electrons. The SMILES string of the molecule is COc1ccc(C)cc1/C=C/C(=O)NCC(=O)NC1CC1. The molecule has 1 saturated carbocycles. The predicted octanol–water partition coefficient (Wildman–Crippen LogP) is 1.41. The molecule has 1 fully saturated rings. The highest BCUT2D eigenvalue weighted by Crippen LogP contribution is 2.20. The fourth-order valence-electron chi connectivity index (χ4n) is 1.88. The highest BCUT2D eigenvalue weighted by atomic mass is 16.5. The number of methoxy groups -OCH3 is 1. The van der Waals surface area contributed by atoms with Gasteiger partial charge in [0.25, 0.3) is 0 Å². The standard InChI is InChI=1S/C16H20N2O3/c1-11-3-7-14(21-2)12(9-11)4-8-15(19)17-10-16(20)18-13-5-6-13/h3-4,7-9,13H,5-6,10H2,1-2H3,(H,17,19)(H,18,20)/b8-4+. The molecule has 0 spiro atoms. The molecular formula is C16H20N2O3. The lowest BCUT2D eigenvalue weighted by molar-refractivity contribution is -0.124. The van der Waals surface area contributed by atoms with E-state index in [-0.39, 0.29) is 18.4 Å². The lowest BCUT2D eigenvalue weighted by atomic mass is 10.1. The fraction of sp³-hybridized carbons (Fsp3) is 0.375. The molecule has 1 aliphatic rings. The molecule has 1 aromatic rings. The van der Waals surface area contributed by atoms with Crippen molar-refractivity contribution in [2.24, 2.45) is 0 Å². The van der Waals surface area contributed by atoms with Crippen molar-refractivity contribution >= 4 is 17.9 Å². The van der Waals surface area contributed by atoms with Gasteiger partial charge in [-0.3, -0.25) is 9.59 Å². The molecule has 0 saturated heterocycles. The Morgan fingerprint density at radius 1 is 1.38 bits per heavy atom. The Morgan fingerprint density at radius 3 is 2.81 bits per heavy atom. The zero-order valence-corrected chi connectivity index (χ0v) is 12.3. The van der Waals surface area contributed by atoms with Crippen molar-refractivity contribution in [3.63, 3.8) is 0 Å². The summed E-state index contributed by atoms with van der Waals surface area (Å²) in [6.07, 6.45) is 5.15. The van der Waals surface area contributed by atoms with Crippen molar-refractivity contribution in [2.75, 3.05) is 13.7 Å². The molecule has 0 aliphatic heterocycles. The van der Waals surface area contributed by atoms with E-state index in [0.717, 1.165) is 24.0 Å². The van der Waals surface area contributed by atoms with Crippen LogP contribution in [0.15, 0.2) is 24.3 Å². The number of benzene rings is 1. The Bertz CT molecular complexity index is 563. The number of amides is 2. The lowest BCUT2D eigenvalue weighted by Crippen LogP contribution is -2.37. The summed E-state index contributed by atoms with van der Waals surface area (Å²) in [6.45, 7) is 1.98. The van der Waals surface area contributed by atoms with E-state index in [1.807, 2.05) is 25.1 Å². The first-order valence-electron chi connectivity index (χ1n) is 6.98. The van der Waals surface area contributed by atoms with Crippen LogP contribution in [-0.2, 0) is 9.59 Å². The van der Waals surface area contributed by atoms with Crippen LogP contribution in [0.4, 0.5) is 0 Å². The Hall–Kier alpha value is -2.30. The van der Waals surface area contributed by atoms with Crippen LogP contribution in [0.25, 0.3) is 6.08 Å². The van der Waals surface area contributed by atoms with Crippen molar-refractivity contribution in [3.05, 3.63) is 35.4 Å². The number of hydrogen-bond acceptors (Lipinski definition) is 3. The second-order valence-electron chi connectivity index (χ2n) is 5.14. The minimum atomic E-state index is -0.301. The summed E-state index contributed by atoms with van der Waals surface area (Å²) in [5.41, 5.74) is 1.91. The normalized spacial score (nSPS) is 14.0. The van der Waals surface area contributed by atoms with Crippen LogP contribution in [0, 0.1) is 6.92 Å². The molecule has 5 nitrogen and oxygen atoms in total. The summed E-state index contributed by atoms with van der Waals surface area (Å²) in [4.78, 5) is 23.1. The Morgan fingerprint density at radius 2 is 2.14 bits per heavy atom. The van der Waals surface area contributed by atoms with Crippen molar-refractivity contribution in [3.8, 4) is 5.75 Å². The van der Waals surface area contributed by atoms with Gasteiger partial charge in [0.1, 0.15) is 5.75 Å². The van der Waals surface area contributed by atoms with Crippen molar-refractivity contribution in [1.29, 1.82) is 0 Å². The van der Waals surface area contributed by atoms with Crippen molar-refractivity contribution in [2.45, 2.75) is 25.8 Å². The summed E-state index contributed by atoms with van der Waals surface area (Å²) in [7, 11) is 1.59. The summed E-state index contributed by atoms with van der Waals surface area (Å²) in [5, 5.41) is 5.37. The van der Waals surface area contributed by atoms with Crippen LogP contribution in [0.2, 0.25) is 0 Å². The van der Waals surface area contributed by atoms with Crippen LogP contribution in [0.3, 0.4) is 0 Å². The number of nitrogens with one attached hydrogen (secondary N) is 2. The maximum Gasteiger partial charge on any atom is 0.244 e. The van der Waals surface area contributed by atoms with E-state index >= 15 is 0 Å². The van der Waals surface area contributed by atoms with Gasteiger partial charge in [-0.1, -0.05) is 11.6 Å². The van der Waals surface area contributed by atoms with Gasteiger partial charge >= 0.3 is 0 Å². The largest absolute Gasteiger partial charge is 0.496 e. The highest BCUT2D eigenvalue weighted by Gasteiger charge is 2.22. The smallest absolute Gasteiger partial charge is 0.244 e. The van der Waals surface area contributed by atoms with Gasteiger partial charge in [-0.05, 0) is 38.0 Å². The Balaban J connectivity index is 1.86. The first-order valence-corrected chi connectivity index (χ1v) is 6.98. The maximum absolute atomic E-state index is 11.7.